The molecule has 0 aliphatic carbocycles. The maximum atomic E-state index is 13.0. The monoisotopic (exact) mass is 444 g/mol. The molecular weight excluding hydrogens is 429 g/mol. The van der Waals surface area contributed by atoms with Gasteiger partial charge in [-0.1, -0.05) is 23.7 Å². The van der Waals surface area contributed by atoms with E-state index in [0.717, 1.165) is 23.5 Å². The minimum Gasteiger partial charge on any atom is -0.478 e. The van der Waals surface area contributed by atoms with Crippen LogP contribution < -0.4 is 0 Å². The van der Waals surface area contributed by atoms with Gasteiger partial charge < -0.3 is 9.67 Å². The number of rotatable bonds is 4. The first-order valence-corrected chi connectivity index (χ1v) is 9.42. The Bertz CT molecular complexity index is 1250. The summed E-state index contributed by atoms with van der Waals surface area (Å²) in [5.41, 5.74) is 2.17. The molecule has 0 unspecified atom stereocenters. The molecule has 0 aliphatic rings. The van der Waals surface area contributed by atoms with Crippen molar-refractivity contribution in [2.75, 3.05) is 0 Å². The number of nitrogens with zero attached hydrogens (tertiary/aromatic N) is 2. The maximum Gasteiger partial charge on any atom is 0.416 e. The van der Waals surface area contributed by atoms with Crippen LogP contribution in [0.3, 0.4) is 0 Å². The van der Waals surface area contributed by atoms with Crippen molar-refractivity contribution in [3.05, 3.63) is 87.2 Å². The Hall–Kier alpha value is -3.50. The Morgan fingerprint density at radius 3 is 2.45 bits per heavy atom. The highest BCUT2D eigenvalue weighted by Crippen LogP contribution is 2.32. The molecular formula is C23H16ClF3N2O2. The molecule has 8 heteroatoms. The summed E-state index contributed by atoms with van der Waals surface area (Å²) in [6.07, 6.45) is -2.98. The molecule has 1 heterocycles. The number of nitriles is 1. The summed E-state index contributed by atoms with van der Waals surface area (Å²) in [7, 11) is 0. The SMILES string of the molecule is Cc1cc(/C=C(/C#N)c2cccc(C(F)(F)F)c2)c(C)n1-c1ccc(C(=O)O)c(Cl)c1. The van der Waals surface area contributed by atoms with Crippen molar-refractivity contribution < 1.29 is 23.1 Å². The molecule has 0 saturated heterocycles. The summed E-state index contributed by atoms with van der Waals surface area (Å²) in [5, 5.41) is 18.8. The van der Waals surface area contributed by atoms with Crippen molar-refractivity contribution in [3.63, 3.8) is 0 Å². The van der Waals surface area contributed by atoms with Crippen molar-refractivity contribution in [2.45, 2.75) is 20.0 Å². The first-order valence-electron chi connectivity index (χ1n) is 9.04. The van der Waals surface area contributed by atoms with Crippen molar-refractivity contribution in [1.29, 1.82) is 5.26 Å². The number of carbonyl (C=O) groups is 1. The number of hydrogen-bond acceptors (Lipinski definition) is 2. The minimum atomic E-state index is -4.51. The van der Waals surface area contributed by atoms with E-state index in [-0.39, 0.29) is 21.7 Å². The Morgan fingerprint density at radius 1 is 1.16 bits per heavy atom. The lowest BCUT2D eigenvalue weighted by Crippen LogP contribution is -2.05. The van der Waals surface area contributed by atoms with Gasteiger partial charge in [0.25, 0.3) is 0 Å². The largest absolute Gasteiger partial charge is 0.478 e. The summed E-state index contributed by atoms with van der Waals surface area (Å²) < 4.78 is 40.9. The number of halogens is 4. The van der Waals surface area contributed by atoms with E-state index >= 15 is 0 Å². The minimum absolute atomic E-state index is 0.0238. The third-order valence-electron chi connectivity index (χ3n) is 4.83. The van der Waals surface area contributed by atoms with Gasteiger partial charge in [0, 0.05) is 17.1 Å². The fraction of sp³-hybridized carbons (Fsp3) is 0.130. The second-order valence-corrected chi connectivity index (χ2v) is 7.29. The van der Waals surface area contributed by atoms with E-state index in [0.29, 0.717) is 11.3 Å². The summed E-state index contributed by atoms with van der Waals surface area (Å²) in [4.78, 5) is 11.2. The number of benzene rings is 2. The molecule has 3 aromatic rings. The number of alkyl halides is 3. The molecule has 0 aliphatic heterocycles. The van der Waals surface area contributed by atoms with Crippen LogP contribution in [0.25, 0.3) is 17.3 Å². The van der Waals surface area contributed by atoms with Crippen molar-refractivity contribution in [1.82, 2.24) is 4.57 Å². The molecule has 1 aromatic heterocycles. The number of carboxylic acids is 1. The maximum absolute atomic E-state index is 13.0. The number of hydrogen-bond donors (Lipinski definition) is 1. The molecule has 0 radical (unpaired) electrons. The summed E-state index contributed by atoms with van der Waals surface area (Å²) >= 11 is 6.08. The Balaban J connectivity index is 2.08. The van der Waals surface area contributed by atoms with Crippen LogP contribution in [0.2, 0.25) is 5.02 Å². The topological polar surface area (TPSA) is 66.0 Å². The van der Waals surface area contributed by atoms with Gasteiger partial charge in [-0.05, 0) is 67.4 Å². The first-order chi connectivity index (χ1) is 14.5. The fourth-order valence-corrected chi connectivity index (χ4v) is 3.60. The Morgan fingerprint density at radius 2 is 1.87 bits per heavy atom. The van der Waals surface area contributed by atoms with Crippen molar-refractivity contribution in [2.24, 2.45) is 0 Å². The summed E-state index contributed by atoms with van der Waals surface area (Å²) in [5.74, 6) is -1.14. The van der Waals surface area contributed by atoms with Crippen LogP contribution in [0.4, 0.5) is 13.2 Å². The molecule has 1 N–H and O–H groups in total. The molecule has 2 aromatic carbocycles. The van der Waals surface area contributed by atoms with Gasteiger partial charge in [-0.15, -0.1) is 0 Å². The first kappa shape index (κ1) is 22.2. The second kappa shape index (κ2) is 8.32. The lowest BCUT2D eigenvalue weighted by molar-refractivity contribution is -0.137. The van der Waals surface area contributed by atoms with Gasteiger partial charge in [-0.2, -0.15) is 18.4 Å². The highest BCUT2D eigenvalue weighted by Gasteiger charge is 2.30. The van der Waals surface area contributed by atoms with Gasteiger partial charge in [0.05, 0.1) is 27.8 Å². The fourth-order valence-electron chi connectivity index (χ4n) is 3.35. The molecule has 0 atom stereocenters. The number of aryl methyl sites for hydroxylation is 1. The van der Waals surface area contributed by atoms with Gasteiger partial charge >= 0.3 is 12.1 Å². The molecule has 0 saturated carbocycles. The van der Waals surface area contributed by atoms with E-state index in [1.165, 1.54) is 30.3 Å². The molecule has 0 amide bonds. The highest BCUT2D eigenvalue weighted by atomic mass is 35.5. The van der Waals surface area contributed by atoms with E-state index in [2.05, 4.69) is 0 Å². The van der Waals surface area contributed by atoms with E-state index in [1.807, 2.05) is 17.6 Å². The quantitative estimate of drug-likeness (QED) is 0.465. The Labute approximate surface area is 181 Å². The lowest BCUT2D eigenvalue weighted by Gasteiger charge is -2.11. The van der Waals surface area contributed by atoms with E-state index in [1.54, 1.807) is 19.1 Å². The van der Waals surface area contributed by atoms with Gasteiger partial charge in [-0.3, -0.25) is 0 Å². The van der Waals surface area contributed by atoms with Gasteiger partial charge in [-0.25, -0.2) is 4.79 Å². The molecule has 158 valence electrons. The number of allylic oxidation sites excluding steroid dienone is 1. The predicted molar refractivity (Wildman–Crippen MR) is 112 cm³/mol. The Kier molecular flexibility index (Phi) is 5.96. The average molecular weight is 445 g/mol. The molecule has 4 nitrogen and oxygen atoms in total. The van der Waals surface area contributed by atoms with Gasteiger partial charge in [0.2, 0.25) is 0 Å². The highest BCUT2D eigenvalue weighted by molar-refractivity contribution is 6.33. The van der Waals surface area contributed by atoms with Gasteiger partial charge in [0.15, 0.2) is 0 Å². The zero-order valence-corrected chi connectivity index (χ0v) is 17.2. The molecule has 0 fully saturated rings. The standard InChI is InChI=1S/C23H16ClF3N2O2/c1-13-8-16(9-17(12-28)15-4-3-5-18(10-15)23(25,26)27)14(2)29(13)19-6-7-20(22(30)31)21(24)11-19/h3-11H,1-2H3,(H,30,31)/b17-9-. The molecule has 0 spiro atoms. The van der Waals surface area contributed by atoms with Crippen LogP contribution in [0.5, 0.6) is 0 Å². The number of carboxylic acid groups (broad SMARTS) is 1. The van der Waals surface area contributed by atoms with Crippen molar-refractivity contribution >= 4 is 29.2 Å². The van der Waals surface area contributed by atoms with Crippen LogP contribution in [0.15, 0.2) is 48.5 Å². The zero-order chi connectivity index (χ0) is 22.9. The predicted octanol–water partition coefficient (Wildman–Crippen LogP) is 6.53. The van der Waals surface area contributed by atoms with Gasteiger partial charge in [0.1, 0.15) is 0 Å². The lowest BCUT2D eigenvalue weighted by atomic mass is 10.0. The summed E-state index contributed by atoms with van der Waals surface area (Å²) in [6.45, 7) is 3.61. The van der Waals surface area contributed by atoms with Crippen LogP contribution in [-0.2, 0) is 6.18 Å². The van der Waals surface area contributed by atoms with E-state index in [4.69, 9.17) is 16.7 Å². The van der Waals surface area contributed by atoms with Crippen LogP contribution in [0.1, 0.15) is 38.4 Å². The molecule has 31 heavy (non-hydrogen) atoms. The third kappa shape index (κ3) is 4.49. The average Bonchev–Trinajstić information content (AvgIpc) is 2.98. The molecule has 0 bridgehead atoms. The normalized spacial score (nSPS) is 12.0. The zero-order valence-electron chi connectivity index (χ0n) is 16.5. The van der Waals surface area contributed by atoms with Crippen LogP contribution in [-0.4, -0.2) is 15.6 Å². The smallest absolute Gasteiger partial charge is 0.416 e. The van der Waals surface area contributed by atoms with Crippen LogP contribution >= 0.6 is 11.6 Å². The van der Waals surface area contributed by atoms with E-state index < -0.39 is 17.7 Å². The summed E-state index contributed by atoms with van der Waals surface area (Å²) in [6, 6.07) is 12.9. The number of aromatic nitrogens is 1. The van der Waals surface area contributed by atoms with Crippen LogP contribution in [0, 0.1) is 25.2 Å². The second-order valence-electron chi connectivity index (χ2n) is 6.88. The number of aromatic carboxylic acids is 1. The van der Waals surface area contributed by atoms with Crippen molar-refractivity contribution in [3.8, 4) is 11.8 Å². The molecule has 3 rings (SSSR count). The third-order valence-corrected chi connectivity index (χ3v) is 5.15. The van der Waals surface area contributed by atoms with E-state index in [9.17, 15) is 23.2 Å².